The summed E-state index contributed by atoms with van der Waals surface area (Å²) in [6.07, 6.45) is 5.67. The summed E-state index contributed by atoms with van der Waals surface area (Å²) in [5.41, 5.74) is 1.13. The van der Waals surface area contributed by atoms with Crippen LogP contribution in [0.1, 0.15) is 32.1 Å². The van der Waals surface area contributed by atoms with E-state index in [1.54, 1.807) is 18.3 Å². The van der Waals surface area contributed by atoms with Crippen LogP contribution in [-0.4, -0.2) is 87.6 Å². The predicted octanol–water partition coefficient (Wildman–Crippen LogP) is 4.76. The Bertz CT molecular complexity index is 1610. The fourth-order valence-electron chi connectivity index (χ4n) is 6.42. The first kappa shape index (κ1) is 26.2. The third-order valence-corrected chi connectivity index (χ3v) is 9.27. The minimum atomic E-state index is -1.21. The maximum Gasteiger partial charge on any atom is 0.410 e. The van der Waals surface area contributed by atoms with Gasteiger partial charge in [-0.05, 0) is 51.3 Å². The SMILES string of the molecule is O=C(O)Nc1nc2c(-c3ncc4c(N5CCCOCC5)nc(OCC56CCCN5CCC6)nc4c3F)cccc2s1. The molecule has 214 valence electrons. The van der Waals surface area contributed by atoms with Crippen molar-refractivity contribution in [3.05, 3.63) is 30.2 Å². The lowest BCUT2D eigenvalue weighted by Gasteiger charge is -2.31. The molecule has 0 spiro atoms. The number of halogens is 1. The quantitative estimate of drug-likeness (QED) is 0.330. The second-order valence-corrected chi connectivity index (χ2v) is 11.8. The van der Waals surface area contributed by atoms with Gasteiger partial charge in [-0.15, -0.1) is 0 Å². The average Bonchev–Trinajstić information content (AvgIpc) is 3.59. The number of fused-ring (bicyclic) bond motifs is 3. The van der Waals surface area contributed by atoms with Crippen LogP contribution in [-0.2, 0) is 4.74 Å². The first-order chi connectivity index (χ1) is 20.0. The molecule has 0 unspecified atom stereocenters. The number of benzene rings is 1. The zero-order valence-corrected chi connectivity index (χ0v) is 23.3. The van der Waals surface area contributed by atoms with E-state index < -0.39 is 11.9 Å². The number of thiazole rings is 1. The molecule has 3 aliphatic rings. The fourth-order valence-corrected chi connectivity index (χ4v) is 7.30. The third kappa shape index (κ3) is 4.81. The third-order valence-electron chi connectivity index (χ3n) is 8.33. The summed E-state index contributed by atoms with van der Waals surface area (Å²) in [7, 11) is 0. The summed E-state index contributed by atoms with van der Waals surface area (Å²) < 4.78 is 29.1. The van der Waals surface area contributed by atoms with Crippen molar-refractivity contribution in [2.24, 2.45) is 0 Å². The van der Waals surface area contributed by atoms with E-state index in [9.17, 15) is 4.79 Å². The van der Waals surface area contributed by atoms with E-state index in [4.69, 9.17) is 19.6 Å². The highest BCUT2D eigenvalue weighted by molar-refractivity contribution is 7.22. The molecule has 11 nitrogen and oxygen atoms in total. The summed E-state index contributed by atoms with van der Waals surface area (Å²) in [5, 5.41) is 12.1. The van der Waals surface area contributed by atoms with Crippen molar-refractivity contribution in [1.29, 1.82) is 0 Å². The Labute approximate surface area is 239 Å². The number of nitrogens with one attached hydrogen (secondary N) is 1. The first-order valence-electron chi connectivity index (χ1n) is 14.0. The first-order valence-corrected chi connectivity index (χ1v) is 14.8. The van der Waals surface area contributed by atoms with Crippen molar-refractivity contribution >= 4 is 49.5 Å². The van der Waals surface area contributed by atoms with Gasteiger partial charge in [-0.1, -0.05) is 23.5 Å². The molecule has 3 aromatic heterocycles. The molecule has 0 saturated carbocycles. The number of ether oxygens (including phenoxy) is 2. The van der Waals surface area contributed by atoms with E-state index in [0.717, 1.165) is 45.2 Å². The molecule has 0 radical (unpaired) electrons. The van der Waals surface area contributed by atoms with Gasteiger partial charge in [0, 0.05) is 31.5 Å². The van der Waals surface area contributed by atoms with Crippen molar-refractivity contribution in [3.8, 4) is 17.3 Å². The molecule has 0 bridgehead atoms. The van der Waals surface area contributed by atoms with Gasteiger partial charge in [0.05, 0.1) is 27.7 Å². The largest absolute Gasteiger partial charge is 0.465 e. The second-order valence-electron chi connectivity index (χ2n) is 10.8. The molecule has 0 aliphatic carbocycles. The molecule has 13 heteroatoms. The Morgan fingerprint density at radius 1 is 1.10 bits per heavy atom. The molecule has 3 aliphatic heterocycles. The molecule has 4 aromatic rings. The number of aromatic nitrogens is 4. The Morgan fingerprint density at radius 3 is 2.78 bits per heavy atom. The van der Waals surface area contributed by atoms with E-state index in [-0.39, 0.29) is 27.9 Å². The smallest absolute Gasteiger partial charge is 0.410 e. The zero-order chi connectivity index (χ0) is 28.0. The molecule has 0 atom stereocenters. The van der Waals surface area contributed by atoms with Crippen LogP contribution in [0.25, 0.3) is 32.4 Å². The van der Waals surface area contributed by atoms with E-state index in [1.165, 1.54) is 11.3 Å². The number of nitrogens with zero attached hydrogens (tertiary/aromatic N) is 6. The standard InChI is InChI=1S/C28H30FN7O4S/c29-20-22(17-5-1-6-19-21(17)32-26(41-19)34-27(37)38)30-15-18-23(20)31-25(33-24(18)35-9-4-13-39-14-12-35)40-16-28-7-2-10-36(28)11-3-8-28/h1,5-6,15H,2-4,7-14,16H2,(H,32,34)(H,37,38). The highest BCUT2D eigenvalue weighted by Gasteiger charge is 2.45. The van der Waals surface area contributed by atoms with Gasteiger partial charge in [0.15, 0.2) is 10.9 Å². The van der Waals surface area contributed by atoms with Crippen molar-refractivity contribution < 1.29 is 23.8 Å². The van der Waals surface area contributed by atoms with Gasteiger partial charge in [0.1, 0.15) is 23.6 Å². The molecule has 2 N–H and O–H groups in total. The van der Waals surface area contributed by atoms with Crippen molar-refractivity contribution in [2.45, 2.75) is 37.6 Å². The van der Waals surface area contributed by atoms with Gasteiger partial charge < -0.3 is 19.5 Å². The lowest BCUT2D eigenvalue weighted by atomic mass is 9.95. The second kappa shape index (κ2) is 10.6. The summed E-state index contributed by atoms with van der Waals surface area (Å²) in [4.78, 5) is 34.1. The average molecular weight is 580 g/mol. The molecule has 6 heterocycles. The maximum atomic E-state index is 16.5. The van der Waals surface area contributed by atoms with Crippen LogP contribution in [0.5, 0.6) is 6.01 Å². The van der Waals surface area contributed by atoms with Crippen LogP contribution in [0.2, 0.25) is 0 Å². The van der Waals surface area contributed by atoms with Crippen molar-refractivity contribution in [2.75, 3.05) is 56.2 Å². The van der Waals surface area contributed by atoms with Gasteiger partial charge in [-0.3, -0.25) is 15.2 Å². The highest BCUT2D eigenvalue weighted by Crippen LogP contribution is 2.40. The number of para-hydroxylation sites is 1. The summed E-state index contributed by atoms with van der Waals surface area (Å²) in [5.74, 6) is -0.0164. The van der Waals surface area contributed by atoms with Crippen LogP contribution < -0.4 is 15.0 Å². The van der Waals surface area contributed by atoms with Gasteiger partial charge in [-0.2, -0.15) is 9.97 Å². The van der Waals surface area contributed by atoms with Crippen molar-refractivity contribution in [1.82, 2.24) is 24.8 Å². The molecule has 7 rings (SSSR count). The normalized spacial score (nSPS) is 19.0. The van der Waals surface area contributed by atoms with Crippen LogP contribution in [0.3, 0.4) is 0 Å². The topological polar surface area (TPSA) is 126 Å². The number of carboxylic acid groups (broad SMARTS) is 1. The number of hydrogen-bond donors (Lipinski definition) is 2. The number of pyridine rings is 1. The molecule has 1 amide bonds. The number of amides is 1. The van der Waals surface area contributed by atoms with Gasteiger partial charge in [0.2, 0.25) is 0 Å². The van der Waals surface area contributed by atoms with Crippen LogP contribution in [0.4, 0.5) is 20.1 Å². The molecular formula is C28H30FN7O4S. The Hall–Kier alpha value is -3.68. The molecule has 41 heavy (non-hydrogen) atoms. The van der Waals surface area contributed by atoms with Crippen molar-refractivity contribution in [3.63, 3.8) is 0 Å². The maximum absolute atomic E-state index is 16.5. The predicted molar refractivity (Wildman–Crippen MR) is 153 cm³/mol. The summed E-state index contributed by atoms with van der Waals surface area (Å²) in [6, 6.07) is 5.47. The molecule has 3 fully saturated rings. The van der Waals surface area contributed by atoms with E-state index >= 15 is 4.39 Å². The van der Waals surface area contributed by atoms with Gasteiger partial charge in [-0.25, -0.2) is 14.2 Å². The number of rotatable bonds is 6. The Balaban J connectivity index is 1.32. The highest BCUT2D eigenvalue weighted by atomic mass is 32.1. The van der Waals surface area contributed by atoms with Crippen LogP contribution in [0.15, 0.2) is 24.4 Å². The molecule has 3 saturated heterocycles. The van der Waals surface area contributed by atoms with Gasteiger partial charge >= 0.3 is 12.1 Å². The summed E-state index contributed by atoms with van der Waals surface area (Å²) >= 11 is 1.17. The van der Waals surface area contributed by atoms with E-state index in [0.29, 0.717) is 59.9 Å². The number of hydrogen-bond acceptors (Lipinski definition) is 10. The van der Waals surface area contributed by atoms with E-state index in [1.807, 2.05) is 6.07 Å². The van der Waals surface area contributed by atoms with Crippen LogP contribution in [0, 0.1) is 5.82 Å². The molecule has 1 aromatic carbocycles. The summed E-state index contributed by atoms with van der Waals surface area (Å²) in [6.45, 7) is 5.17. The lowest BCUT2D eigenvalue weighted by Crippen LogP contribution is -2.43. The van der Waals surface area contributed by atoms with E-state index in [2.05, 4.69) is 30.1 Å². The monoisotopic (exact) mass is 579 g/mol. The fraction of sp³-hybridized carbons (Fsp3) is 0.464. The Kier molecular flexibility index (Phi) is 6.79. The number of carbonyl (C=O) groups is 1. The molecular weight excluding hydrogens is 549 g/mol. The number of anilines is 2. The van der Waals surface area contributed by atoms with Gasteiger partial charge in [0.25, 0.3) is 0 Å². The lowest BCUT2D eigenvalue weighted by molar-refractivity contribution is 0.108. The Morgan fingerprint density at radius 2 is 1.95 bits per heavy atom. The minimum Gasteiger partial charge on any atom is -0.465 e. The van der Waals surface area contributed by atoms with Crippen LogP contribution >= 0.6 is 11.3 Å². The zero-order valence-electron chi connectivity index (χ0n) is 22.4. The minimum absolute atomic E-state index is 0.00116.